The second-order valence-electron chi connectivity index (χ2n) is 3.91. The highest BCUT2D eigenvalue weighted by molar-refractivity contribution is 5.77. The first-order valence-corrected chi connectivity index (χ1v) is 5.28. The lowest BCUT2D eigenvalue weighted by atomic mass is 10.1. The topological polar surface area (TPSA) is 55.6 Å². The first-order valence-electron chi connectivity index (χ1n) is 5.28. The third-order valence-electron chi connectivity index (χ3n) is 2.52. The second-order valence-corrected chi connectivity index (χ2v) is 3.91. The maximum atomic E-state index is 11.8. The van der Waals surface area contributed by atoms with Crippen molar-refractivity contribution >= 4 is 5.91 Å². The molecule has 14 heavy (non-hydrogen) atoms. The SMILES string of the molecule is CCC1COCCN1C(=O)CC(C)N. The number of hydrogen-bond donors (Lipinski definition) is 1. The molecule has 1 aliphatic heterocycles. The molecule has 0 saturated carbocycles. The molecule has 1 aliphatic rings. The molecule has 2 N–H and O–H groups in total. The Hall–Kier alpha value is -0.610. The van der Waals surface area contributed by atoms with Gasteiger partial charge < -0.3 is 15.4 Å². The van der Waals surface area contributed by atoms with E-state index >= 15 is 0 Å². The lowest BCUT2D eigenvalue weighted by molar-refractivity contribution is -0.140. The Morgan fingerprint density at radius 2 is 2.43 bits per heavy atom. The van der Waals surface area contributed by atoms with E-state index in [0.717, 1.165) is 6.42 Å². The Morgan fingerprint density at radius 1 is 1.71 bits per heavy atom. The molecule has 1 amide bonds. The molecule has 0 aromatic rings. The number of ether oxygens (including phenoxy) is 1. The fraction of sp³-hybridized carbons (Fsp3) is 0.900. The molecule has 4 nitrogen and oxygen atoms in total. The van der Waals surface area contributed by atoms with Crippen LogP contribution < -0.4 is 5.73 Å². The molecule has 0 aromatic heterocycles. The summed E-state index contributed by atoms with van der Waals surface area (Å²) in [5.74, 6) is 0.162. The van der Waals surface area contributed by atoms with Crippen molar-refractivity contribution in [2.45, 2.75) is 38.8 Å². The van der Waals surface area contributed by atoms with E-state index < -0.39 is 0 Å². The van der Waals surface area contributed by atoms with E-state index in [1.807, 2.05) is 11.8 Å². The maximum absolute atomic E-state index is 11.8. The van der Waals surface area contributed by atoms with Gasteiger partial charge in [0.25, 0.3) is 0 Å². The van der Waals surface area contributed by atoms with Crippen LogP contribution in [-0.2, 0) is 9.53 Å². The Morgan fingerprint density at radius 3 is 3.00 bits per heavy atom. The third kappa shape index (κ3) is 2.96. The van der Waals surface area contributed by atoms with Gasteiger partial charge in [0.2, 0.25) is 5.91 Å². The van der Waals surface area contributed by atoms with Gasteiger partial charge in [0.15, 0.2) is 0 Å². The number of rotatable bonds is 3. The zero-order chi connectivity index (χ0) is 10.6. The van der Waals surface area contributed by atoms with Crippen LogP contribution >= 0.6 is 0 Å². The fourth-order valence-corrected chi connectivity index (χ4v) is 1.71. The van der Waals surface area contributed by atoms with Crippen LogP contribution in [0.15, 0.2) is 0 Å². The summed E-state index contributed by atoms with van der Waals surface area (Å²) >= 11 is 0. The van der Waals surface area contributed by atoms with Crippen molar-refractivity contribution in [1.29, 1.82) is 0 Å². The van der Waals surface area contributed by atoms with Crippen molar-refractivity contribution in [3.05, 3.63) is 0 Å². The van der Waals surface area contributed by atoms with E-state index in [9.17, 15) is 4.79 Å². The Labute approximate surface area is 85.4 Å². The van der Waals surface area contributed by atoms with E-state index in [0.29, 0.717) is 26.2 Å². The van der Waals surface area contributed by atoms with E-state index in [4.69, 9.17) is 10.5 Å². The maximum Gasteiger partial charge on any atom is 0.224 e. The molecule has 0 bridgehead atoms. The number of nitrogens with zero attached hydrogens (tertiary/aromatic N) is 1. The van der Waals surface area contributed by atoms with Gasteiger partial charge in [-0.15, -0.1) is 0 Å². The van der Waals surface area contributed by atoms with Crippen LogP contribution in [0.25, 0.3) is 0 Å². The highest BCUT2D eigenvalue weighted by Crippen LogP contribution is 2.12. The quantitative estimate of drug-likeness (QED) is 0.715. The summed E-state index contributed by atoms with van der Waals surface area (Å²) in [5, 5.41) is 0. The molecule has 0 spiro atoms. The molecule has 1 saturated heterocycles. The highest BCUT2D eigenvalue weighted by Gasteiger charge is 2.25. The highest BCUT2D eigenvalue weighted by atomic mass is 16.5. The van der Waals surface area contributed by atoms with Gasteiger partial charge in [0, 0.05) is 19.0 Å². The minimum atomic E-state index is -0.0529. The largest absolute Gasteiger partial charge is 0.377 e. The van der Waals surface area contributed by atoms with Gasteiger partial charge in [-0.2, -0.15) is 0 Å². The summed E-state index contributed by atoms with van der Waals surface area (Å²) in [5.41, 5.74) is 5.61. The Balaban J connectivity index is 2.50. The lowest BCUT2D eigenvalue weighted by Gasteiger charge is -2.35. The van der Waals surface area contributed by atoms with Gasteiger partial charge in [-0.1, -0.05) is 6.92 Å². The Bertz CT molecular complexity index is 195. The molecule has 1 heterocycles. The number of carbonyl (C=O) groups excluding carboxylic acids is 1. The smallest absolute Gasteiger partial charge is 0.224 e. The van der Waals surface area contributed by atoms with Crippen LogP contribution in [0.5, 0.6) is 0 Å². The molecule has 2 unspecified atom stereocenters. The van der Waals surface area contributed by atoms with Gasteiger partial charge in [-0.3, -0.25) is 4.79 Å². The minimum Gasteiger partial charge on any atom is -0.377 e. The van der Waals surface area contributed by atoms with Crippen molar-refractivity contribution < 1.29 is 9.53 Å². The average Bonchev–Trinajstić information content (AvgIpc) is 2.16. The fourth-order valence-electron chi connectivity index (χ4n) is 1.71. The molecule has 0 aliphatic carbocycles. The molecule has 82 valence electrons. The molecule has 1 fully saturated rings. The molecular formula is C10H20N2O2. The van der Waals surface area contributed by atoms with E-state index in [1.54, 1.807) is 0 Å². The number of nitrogens with two attached hydrogens (primary N) is 1. The molecule has 0 aromatic carbocycles. The van der Waals surface area contributed by atoms with Crippen LogP contribution in [0.1, 0.15) is 26.7 Å². The van der Waals surface area contributed by atoms with Gasteiger partial charge in [-0.25, -0.2) is 0 Å². The van der Waals surface area contributed by atoms with Crippen molar-refractivity contribution in [1.82, 2.24) is 4.90 Å². The predicted octanol–water partition coefficient (Wildman–Crippen LogP) is 0.361. The molecular weight excluding hydrogens is 180 g/mol. The molecule has 2 atom stereocenters. The van der Waals surface area contributed by atoms with E-state index in [2.05, 4.69) is 6.92 Å². The van der Waals surface area contributed by atoms with Crippen molar-refractivity contribution in [3.8, 4) is 0 Å². The summed E-state index contributed by atoms with van der Waals surface area (Å²) < 4.78 is 5.33. The van der Waals surface area contributed by atoms with Crippen LogP contribution in [0.2, 0.25) is 0 Å². The third-order valence-corrected chi connectivity index (χ3v) is 2.52. The number of hydrogen-bond acceptors (Lipinski definition) is 3. The summed E-state index contributed by atoms with van der Waals surface area (Å²) in [7, 11) is 0. The van der Waals surface area contributed by atoms with Crippen LogP contribution in [-0.4, -0.2) is 42.6 Å². The average molecular weight is 200 g/mol. The normalized spacial score (nSPS) is 24.8. The minimum absolute atomic E-state index is 0.0529. The van der Waals surface area contributed by atoms with E-state index in [-0.39, 0.29) is 18.0 Å². The summed E-state index contributed by atoms with van der Waals surface area (Å²) in [4.78, 5) is 13.7. The van der Waals surface area contributed by atoms with Crippen molar-refractivity contribution in [2.75, 3.05) is 19.8 Å². The van der Waals surface area contributed by atoms with Crippen LogP contribution in [0.4, 0.5) is 0 Å². The monoisotopic (exact) mass is 200 g/mol. The molecule has 1 rings (SSSR count). The number of morpholine rings is 1. The van der Waals surface area contributed by atoms with Crippen LogP contribution in [0, 0.1) is 0 Å². The number of amides is 1. The predicted molar refractivity (Wildman–Crippen MR) is 54.9 cm³/mol. The molecule has 4 heteroatoms. The van der Waals surface area contributed by atoms with Gasteiger partial charge >= 0.3 is 0 Å². The summed E-state index contributed by atoms with van der Waals surface area (Å²) in [6, 6.07) is 0.192. The van der Waals surface area contributed by atoms with Gasteiger partial charge in [0.1, 0.15) is 0 Å². The summed E-state index contributed by atoms with van der Waals surface area (Å²) in [6.45, 7) is 5.97. The summed E-state index contributed by atoms with van der Waals surface area (Å²) in [6.07, 6.45) is 1.39. The second kappa shape index (κ2) is 5.32. The number of carbonyl (C=O) groups is 1. The lowest BCUT2D eigenvalue weighted by Crippen LogP contribution is -2.49. The van der Waals surface area contributed by atoms with Crippen molar-refractivity contribution in [3.63, 3.8) is 0 Å². The zero-order valence-electron chi connectivity index (χ0n) is 9.03. The van der Waals surface area contributed by atoms with Gasteiger partial charge in [-0.05, 0) is 13.3 Å². The standard InChI is InChI=1S/C10H20N2O2/c1-3-9-7-14-5-4-12(9)10(13)6-8(2)11/h8-9H,3-7,11H2,1-2H3. The molecule has 0 radical (unpaired) electrons. The zero-order valence-corrected chi connectivity index (χ0v) is 9.03. The first kappa shape index (κ1) is 11.5. The van der Waals surface area contributed by atoms with E-state index in [1.165, 1.54) is 0 Å². The van der Waals surface area contributed by atoms with Crippen molar-refractivity contribution in [2.24, 2.45) is 5.73 Å². The van der Waals surface area contributed by atoms with Gasteiger partial charge in [0.05, 0.1) is 19.3 Å². The Kier molecular flexibility index (Phi) is 4.35. The first-order chi connectivity index (χ1) is 6.65. The van der Waals surface area contributed by atoms with Crippen LogP contribution in [0.3, 0.4) is 0 Å².